The van der Waals surface area contributed by atoms with E-state index in [1.807, 2.05) is 27.7 Å². The standard InChI is InChI=1S/C14H26N2O4/c1-9(2)11(12(17)18)8-15-13(19)16-10-5-6-20-14(3,4)7-10/h9-11H,5-8H2,1-4H3,(H,17,18)(H2,15,16,19). The van der Waals surface area contributed by atoms with E-state index in [-0.39, 0.29) is 30.1 Å². The van der Waals surface area contributed by atoms with E-state index < -0.39 is 11.9 Å². The number of aliphatic carboxylic acids is 1. The zero-order chi connectivity index (χ0) is 15.3. The lowest BCUT2D eigenvalue weighted by molar-refractivity contribution is -0.142. The van der Waals surface area contributed by atoms with E-state index in [1.165, 1.54) is 0 Å². The fourth-order valence-electron chi connectivity index (χ4n) is 2.40. The molecule has 1 rings (SSSR count). The first-order valence-electron chi connectivity index (χ1n) is 7.12. The Labute approximate surface area is 120 Å². The van der Waals surface area contributed by atoms with Crippen molar-refractivity contribution in [3.63, 3.8) is 0 Å². The smallest absolute Gasteiger partial charge is 0.315 e. The van der Waals surface area contributed by atoms with E-state index >= 15 is 0 Å². The third kappa shape index (κ3) is 5.36. The molecular formula is C14H26N2O4. The Morgan fingerprint density at radius 1 is 1.40 bits per heavy atom. The molecule has 0 aliphatic carbocycles. The molecule has 1 heterocycles. The summed E-state index contributed by atoms with van der Waals surface area (Å²) in [4.78, 5) is 22.9. The van der Waals surface area contributed by atoms with E-state index in [1.54, 1.807) is 0 Å². The average molecular weight is 286 g/mol. The zero-order valence-electron chi connectivity index (χ0n) is 12.7. The van der Waals surface area contributed by atoms with Crippen LogP contribution in [0.5, 0.6) is 0 Å². The molecule has 1 saturated heterocycles. The lowest BCUT2D eigenvalue weighted by Gasteiger charge is -2.35. The fraction of sp³-hybridized carbons (Fsp3) is 0.857. The zero-order valence-corrected chi connectivity index (χ0v) is 12.7. The van der Waals surface area contributed by atoms with Crippen molar-refractivity contribution in [3.05, 3.63) is 0 Å². The van der Waals surface area contributed by atoms with Gasteiger partial charge in [0.05, 0.1) is 11.5 Å². The maximum Gasteiger partial charge on any atom is 0.315 e. The van der Waals surface area contributed by atoms with Crippen molar-refractivity contribution in [3.8, 4) is 0 Å². The molecule has 1 aliphatic heterocycles. The Morgan fingerprint density at radius 2 is 2.05 bits per heavy atom. The van der Waals surface area contributed by atoms with E-state index in [0.29, 0.717) is 6.61 Å². The number of carbonyl (C=O) groups is 2. The Morgan fingerprint density at radius 3 is 2.55 bits per heavy atom. The second-order valence-corrected chi connectivity index (χ2v) is 6.34. The van der Waals surface area contributed by atoms with Gasteiger partial charge in [-0.15, -0.1) is 0 Å². The van der Waals surface area contributed by atoms with Gasteiger partial charge >= 0.3 is 12.0 Å². The predicted molar refractivity (Wildman–Crippen MR) is 75.6 cm³/mol. The van der Waals surface area contributed by atoms with Crippen LogP contribution in [-0.4, -0.2) is 41.9 Å². The average Bonchev–Trinajstić information content (AvgIpc) is 2.26. The lowest BCUT2D eigenvalue weighted by atomic mass is 9.94. The largest absolute Gasteiger partial charge is 0.481 e. The number of carboxylic acids is 1. The molecule has 1 fully saturated rings. The minimum Gasteiger partial charge on any atom is -0.481 e. The summed E-state index contributed by atoms with van der Waals surface area (Å²) in [5.74, 6) is -1.46. The fourth-order valence-corrected chi connectivity index (χ4v) is 2.40. The van der Waals surface area contributed by atoms with Gasteiger partial charge in [0.15, 0.2) is 0 Å². The summed E-state index contributed by atoms with van der Waals surface area (Å²) in [6.45, 7) is 8.43. The van der Waals surface area contributed by atoms with E-state index in [9.17, 15) is 9.59 Å². The molecule has 6 heteroatoms. The molecule has 0 aromatic heterocycles. The molecule has 3 N–H and O–H groups in total. The number of urea groups is 1. The second-order valence-electron chi connectivity index (χ2n) is 6.34. The third-order valence-electron chi connectivity index (χ3n) is 3.64. The summed E-state index contributed by atoms with van der Waals surface area (Å²) in [6.07, 6.45) is 1.54. The van der Waals surface area contributed by atoms with Gasteiger partial charge in [-0.2, -0.15) is 0 Å². The van der Waals surface area contributed by atoms with Crippen LogP contribution in [0.1, 0.15) is 40.5 Å². The van der Waals surface area contributed by atoms with E-state index in [0.717, 1.165) is 12.8 Å². The summed E-state index contributed by atoms with van der Waals surface area (Å²) in [5.41, 5.74) is -0.224. The van der Waals surface area contributed by atoms with Crippen LogP contribution >= 0.6 is 0 Å². The molecule has 2 unspecified atom stereocenters. The first kappa shape index (κ1) is 16.8. The molecule has 0 bridgehead atoms. The highest BCUT2D eigenvalue weighted by Gasteiger charge is 2.30. The highest BCUT2D eigenvalue weighted by Crippen LogP contribution is 2.23. The van der Waals surface area contributed by atoms with Crippen molar-refractivity contribution in [2.75, 3.05) is 13.2 Å². The first-order chi connectivity index (χ1) is 9.21. The number of nitrogens with one attached hydrogen (secondary N) is 2. The van der Waals surface area contributed by atoms with Gasteiger partial charge in [0, 0.05) is 19.2 Å². The van der Waals surface area contributed by atoms with Gasteiger partial charge in [-0.05, 0) is 32.6 Å². The van der Waals surface area contributed by atoms with Crippen LogP contribution in [0.15, 0.2) is 0 Å². The molecule has 116 valence electrons. The minimum atomic E-state index is -0.882. The maximum atomic E-state index is 11.8. The molecule has 0 radical (unpaired) electrons. The number of amides is 2. The predicted octanol–water partition coefficient (Wildman–Crippen LogP) is 1.60. The topological polar surface area (TPSA) is 87.7 Å². The number of rotatable bonds is 5. The molecule has 0 saturated carbocycles. The Bertz CT molecular complexity index is 355. The number of hydrogen-bond acceptors (Lipinski definition) is 3. The van der Waals surface area contributed by atoms with Crippen molar-refractivity contribution < 1.29 is 19.4 Å². The summed E-state index contributed by atoms with van der Waals surface area (Å²) in [6, 6.07) is -0.235. The summed E-state index contributed by atoms with van der Waals surface area (Å²) in [5, 5.41) is 14.6. The Hall–Kier alpha value is -1.30. The summed E-state index contributed by atoms with van der Waals surface area (Å²) < 4.78 is 5.59. The normalized spacial score (nSPS) is 23.1. The van der Waals surface area contributed by atoms with Gasteiger partial charge in [-0.25, -0.2) is 4.79 Å². The Kier molecular flexibility index (Phi) is 5.80. The van der Waals surface area contributed by atoms with Gasteiger partial charge in [0.25, 0.3) is 0 Å². The molecule has 2 amide bonds. The molecule has 1 aliphatic rings. The van der Waals surface area contributed by atoms with Crippen LogP contribution in [0.25, 0.3) is 0 Å². The number of carbonyl (C=O) groups excluding carboxylic acids is 1. The molecule has 20 heavy (non-hydrogen) atoms. The van der Waals surface area contributed by atoms with Gasteiger partial charge < -0.3 is 20.5 Å². The van der Waals surface area contributed by atoms with E-state index in [4.69, 9.17) is 9.84 Å². The van der Waals surface area contributed by atoms with Crippen LogP contribution in [0.4, 0.5) is 4.79 Å². The van der Waals surface area contributed by atoms with Crippen LogP contribution in [0.2, 0.25) is 0 Å². The summed E-state index contributed by atoms with van der Waals surface area (Å²) in [7, 11) is 0. The van der Waals surface area contributed by atoms with Crippen molar-refractivity contribution >= 4 is 12.0 Å². The second kappa shape index (κ2) is 6.92. The molecule has 6 nitrogen and oxygen atoms in total. The number of carboxylic acid groups (broad SMARTS) is 1. The molecule has 0 spiro atoms. The van der Waals surface area contributed by atoms with Gasteiger partial charge in [-0.1, -0.05) is 13.8 Å². The van der Waals surface area contributed by atoms with Gasteiger partial charge in [0.1, 0.15) is 0 Å². The van der Waals surface area contributed by atoms with Crippen LogP contribution in [0, 0.1) is 11.8 Å². The van der Waals surface area contributed by atoms with Crippen LogP contribution in [0.3, 0.4) is 0 Å². The van der Waals surface area contributed by atoms with Gasteiger partial charge in [-0.3, -0.25) is 4.79 Å². The van der Waals surface area contributed by atoms with Crippen molar-refractivity contribution in [2.45, 2.75) is 52.2 Å². The molecular weight excluding hydrogens is 260 g/mol. The van der Waals surface area contributed by atoms with Gasteiger partial charge in [0.2, 0.25) is 0 Å². The number of hydrogen-bond donors (Lipinski definition) is 3. The molecule has 2 atom stereocenters. The molecule has 0 aromatic rings. The van der Waals surface area contributed by atoms with Crippen molar-refractivity contribution in [1.29, 1.82) is 0 Å². The minimum absolute atomic E-state index is 0.0187. The maximum absolute atomic E-state index is 11.8. The molecule has 0 aromatic carbocycles. The highest BCUT2D eigenvalue weighted by atomic mass is 16.5. The monoisotopic (exact) mass is 286 g/mol. The van der Waals surface area contributed by atoms with Crippen LogP contribution in [-0.2, 0) is 9.53 Å². The van der Waals surface area contributed by atoms with Crippen molar-refractivity contribution in [2.24, 2.45) is 11.8 Å². The van der Waals surface area contributed by atoms with Crippen molar-refractivity contribution in [1.82, 2.24) is 10.6 Å². The van der Waals surface area contributed by atoms with E-state index in [2.05, 4.69) is 10.6 Å². The SMILES string of the molecule is CC(C)C(CNC(=O)NC1CCOC(C)(C)C1)C(=O)O. The first-order valence-corrected chi connectivity index (χ1v) is 7.12. The lowest BCUT2D eigenvalue weighted by Crippen LogP contribution is -2.50. The quantitative estimate of drug-likeness (QED) is 0.716. The summed E-state index contributed by atoms with van der Waals surface area (Å²) >= 11 is 0. The Balaban J connectivity index is 2.38. The number of ether oxygens (including phenoxy) is 1. The van der Waals surface area contributed by atoms with Crippen LogP contribution < -0.4 is 10.6 Å². The third-order valence-corrected chi connectivity index (χ3v) is 3.64. The highest BCUT2D eigenvalue weighted by molar-refractivity contribution is 5.76.